The van der Waals surface area contributed by atoms with Gasteiger partial charge in [-0.05, 0) is 31.5 Å². The number of nitrogens with zero attached hydrogens (tertiary/aromatic N) is 2. The predicted molar refractivity (Wildman–Crippen MR) is 86.2 cm³/mol. The molecular weight excluding hydrogens is 282 g/mol. The molecule has 2 heterocycles. The fourth-order valence-electron chi connectivity index (χ4n) is 2.31. The average Bonchev–Trinajstić information content (AvgIpc) is 3.00. The van der Waals surface area contributed by atoms with Crippen LogP contribution >= 0.6 is 11.3 Å². The Bertz CT molecular complexity index is 732. The van der Waals surface area contributed by atoms with Crippen molar-refractivity contribution in [2.45, 2.75) is 20.4 Å². The topological polar surface area (TPSA) is 38.6 Å². The maximum Gasteiger partial charge on any atom is 0.194 e. The number of ether oxygens (including phenoxy) is 1. The third-order valence-electron chi connectivity index (χ3n) is 3.39. The molecule has 0 spiro atoms. The van der Waals surface area contributed by atoms with Crippen LogP contribution in [0.2, 0.25) is 0 Å². The third kappa shape index (κ3) is 3.25. The van der Waals surface area contributed by atoms with Gasteiger partial charge in [0, 0.05) is 24.7 Å². The molecule has 0 aliphatic rings. The molecule has 4 nitrogen and oxygen atoms in total. The molecule has 110 valence electrons. The van der Waals surface area contributed by atoms with E-state index in [-0.39, 0.29) is 0 Å². The van der Waals surface area contributed by atoms with Crippen LogP contribution in [-0.2, 0) is 6.54 Å². The number of nitrogens with one attached hydrogen (secondary N) is 1. The molecule has 3 rings (SSSR count). The second kappa shape index (κ2) is 6.28. The molecule has 0 fully saturated rings. The second-order valence-corrected chi connectivity index (χ2v) is 5.91. The Kier molecular flexibility index (Phi) is 4.22. The van der Waals surface area contributed by atoms with Crippen molar-refractivity contribution >= 4 is 16.3 Å². The Morgan fingerprint density at radius 1 is 1.33 bits per heavy atom. The molecule has 21 heavy (non-hydrogen) atoms. The van der Waals surface area contributed by atoms with E-state index in [4.69, 9.17) is 4.74 Å². The highest BCUT2D eigenvalue weighted by Gasteiger charge is 2.08. The monoisotopic (exact) mass is 301 g/mol. The standard InChI is InChI=1S/C16H19N3OS/c1-12-4-3-5-14(10-12)20-8-6-17-11-15-13(2)18-16-19(15)7-9-21-16/h3-5,7,9-10,17H,6,8,11H2,1-2H3. The zero-order valence-electron chi connectivity index (χ0n) is 12.3. The third-order valence-corrected chi connectivity index (χ3v) is 4.15. The SMILES string of the molecule is Cc1cccc(OCCNCc2c(C)nc3sccn23)c1. The predicted octanol–water partition coefficient (Wildman–Crippen LogP) is 3.18. The molecule has 0 saturated heterocycles. The van der Waals surface area contributed by atoms with Crippen molar-refractivity contribution in [2.75, 3.05) is 13.2 Å². The lowest BCUT2D eigenvalue weighted by Gasteiger charge is -2.08. The van der Waals surface area contributed by atoms with Gasteiger partial charge in [0.1, 0.15) is 12.4 Å². The number of aryl methyl sites for hydroxylation is 2. The summed E-state index contributed by atoms with van der Waals surface area (Å²) in [6.07, 6.45) is 2.07. The van der Waals surface area contributed by atoms with E-state index in [1.54, 1.807) is 11.3 Å². The molecule has 0 unspecified atom stereocenters. The van der Waals surface area contributed by atoms with Crippen LogP contribution in [0.4, 0.5) is 0 Å². The number of benzene rings is 1. The molecule has 0 aliphatic heterocycles. The zero-order valence-corrected chi connectivity index (χ0v) is 13.1. The highest BCUT2D eigenvalue weighted by Crippen LogP contribution is 2.16. The molecule has 3 aromatic rings. The van der Waals surface area contributed by atoms with Crippen molar-refractivity contribution in [1.82, 2.24) is 14.7 Å². The fraction of sp³-hybridized carbons (Fsp3) is 0.312. The lowest BCUT2D eigenvalue weighted by molar-refractivity contribution is 0.313. The first-order valence-electron chi connectivity index (χ1n) is 7.05. The van der Waals surface area contributed by atoms with Crippen LogP contribution in [0.1, 0.15) is 17.0 Å². The van der Waals surface area contributed by atoms with Crippen LogP contribution in [0.25, 0.3) is 4.96 Å². The Morgan fingerprint density at radius 2 is 2.24 bits per heavy atom. The summed E-state index contributed by atoms with van der Waals surface area (Å²) >= 11 is 1.66. The van der Waals surface area contributed by atoms with Gasteiger partial charge in [-0.1, -0.05) is 12.1 Å². The summed E-state index contributed by atoms with van der Waals surface area (Å²) in [5.74, 6) is 0.928. The Labute approximate surface area is 128 Å². The van der Waals surface area contributed by atoms with Crippen molar-refractivity contribution in [3.63, 3.8) is 0 Å². The fourth-order valence-corrected chi connectivity index (χ4v) is 3.09. The van der Waals surface area contributed by atoms with E-state index in [1.165, 1.54) is 11.3 Å². The van der Waals surface area contributed by atoms with E-state index in [2.05, 4.69) is 52.3 Å². The smallest absolute Gasteiger partial charge is 0.194 e. The van der Waals surface area contributed by atoms with Gasteiger partial charge < -0.3 is 10.1 Å². The normalized spacial score (nSPS) is 11.1. The van der Waals surface area contributed by atoms with Crippen molar-refractivity contribution in [1.29, 1.82) is 0 Å². The van der Waals surface area contributed by atoms with Gasteiger partial charge in [0.05, 0.1) is 11.4 Å². The molecule has 0 atom stereocenters. The van der Waals surface area contributed by atoms with Crippen molar-refractivity contribution < 1.29 is 4.74 Å². The van der Waals surface area contributed by atoms with Crippen LogP contribution in [0.5, 0.6) is 5.75 Å². The molecule has 0 aliphatic carbocycles. The van der Waals surface area contributed by atoms with Gasteiger partial charge in [-0.2, -0.15) is 0 Å². The van der Waals surface area contributed by atoms with E-state index in [0.29, 0.717) is 6.61 Å². The van der Waals surface area contributed by atoms with Gasteiger partial charge >= 0.3 is 0 Å². The molecule has 0 bridgehead atoms. The van der Waals surface area contributed by atoms with E-state index in [9.17, 15) is 0 Å². The maximum atomic E-state index is 5.73. The molecule has 0 saturated carbocycles. The van der Waals surface area contributed by atoms with Crippen LogP contribution < -0.4 is 10.1 Å². The minimum Gasteiger partial charge on any atom is -0.492 e. The van der Waals surface area contributed by atoms with Gasteiger partial charge in [0.25, 0.3) is 0 Å². The lowest BCUT2D eigenvalue weighted by atomic mass is 10.2. The van der Waals surface area contributed by atoms with Crippen molar-refractivity contribution in [3.05, 3.63) is 52.8 Å². The summed E-state index contributed by atoms with van der Waals surface area (Å²) < 4.78 is 7.87. The zero-order chi connectivity index (χ0) is 14.7. The Balaban J connectivity index is 1.48. The van der Waals surface area contributed by atoms with Crippen LogP contribution in [-0.4, -0.2) is 22.5 Å². The number of fused-ring (bicyclic) bond motifs is 1. The summed E-state index contributed by atoms with van der Waals surface area (Å²) in [6.45, 7) is 6.40. The first kappa shape index (κ1) is 14.1. The number of rotatable bonds is 6. The summed E-state index contributed by atoms with van der Waals surface area (Å²) in [4.78, 5) is 5.60. The molecule has 1 aromatic carbocycles. The van der Waals surface area contributed by atoms with Crippen molar-refractivity contribution in [2.24, 2.45) is 0 Å². The van der Waals surface area contributed by atoms with Gasteiger partial charge in [-0.15, -0.1) is 11.3 Å². The van der Waals surface area contributed by atoms with E-state index < -0.39 is 0 Å². The van der Waals surface area contributed by atoms with Gasteiger partial charge in [0.15, 0.2) is 4.96 Å². The Morgan fingerprint density at radius 3 is 3.10 bits per heavy atom. The van der Waals surface area contributed by atoms with E-state index in [0.717, 1.165) is 29.5 Å². The van der Waals surface area contributed by atoms with Crippen molar-refractivity contribution in [3.8, 4) is 5.75 Å². The lowest BCUT2D eigenvalue weighted by Crippen LogP contribution is -2.21. The van der Waals surface area contributed by atoms with Gasteiger partial charge in [-0.25, -0.2) is 4.98 Å². The molecule has 2 aromatic heterocycles. The molecule has 0 radical (unpaired) electrons. The summed E-state index contributed by atoms with van der Waals surface area (Å²) in [7, 11) is 0. The average molecular weight is 301 g/mol. The van der Waals surface area contributed by atoms with E-state index >= 15 is 0 Å². The summed E-state index contributed by atoms with van der Waals surface area (Å²) in [5.41, 5.74) is 3.53. The molecule has 5 heteroatoms. The number of hydrogen-bond donors (Lipinski definition) is 1. The highest BCUT2D eigenvalue weighted by atomic mass is 32.1. The minimum absolute atomic E-state index is 0.661. The molecular formula is C16H19N3OS. The minimum atomic E-state index is 0.661. The van der Waals surface area contributed by atoms with Crippen LogP contribution in [0.3, 0.4) is 0 Å². The largest absolute Gasteiger partial charge is 0.492 e. The van der Waals surface area contributed by atoms with Crippen LogP contribution in [0.15, 0.2) is 35.8 Å². The Hall–Kier alpha value is -1.85. The first-order valence-corrected chi connectivity index (χ1v) is 7.93. The molecule has 1 N–H and O–H groups in total. The summed E-state index contributed by atoms with van der Waals surface area (Å²) in [6, 6.07) is 8.12. The highest BCUT2D eigenvalue weighted by molar-refractivity contribution is 7.15. The number of imidazole rings is 1. The van der Waals surface area contributed by atoms with Gasteiger partial charge in [-0.3, -0.25) is 4.40 Å². The summed E-state index contributed by atoms with van der Waals surface area (Å²) in [5, 5.41) is 5.48. The van der Waals surface area contributed by atoms with Gasteiger partial charge in [0.2, 0.25) is 0 Å². The second-order valence-electron chi connectivity index (χ2n) is 5.04. The number of thiazole rings is 1. The van der Waals surface area contributed by atoms with E-state index in [1.807, 2.05) is 12.1 Å². The van der Waals surface area contributed by atoms with Crippen LogP contribution in [0, 0.1) is 13.8 Å². The maximum absolute atomic E-state index is 5.73. The quantitative estimate of drug-likeness (QED) is 0.711. The first-order chi connectivity index (χ1) is 10.2. The number of aromatic nitrogens is 2. The molecule has 0 amide bonds. The number of hydrogen-bond acceptors (Lipinski definition) is 4.